The minimum atomic E-state index is 0.411. The number of thiocarbonyl (C=S) groups is 1. The van der Waals surface area contributed by atoms with Crippen LogP contribution in [0.25, 0.3) is 0 Å². The van der Waals surface area contributed by atoms with Gasteiger partial charge in [-0.15, -0.1) is 0 Å². The van der Waals surface area contributed by atoms with Crippen molar-refractivity contribution in [1.82, 2.24) is 0 Å². The fourth-order valence-electron chi connectivity index (χ4n) is 1.62. The SMILES string of the molecule is NC(=S)c1ccc(Cl)cc1NC1CCC1. The fraction of sp³-hybridized carbons (Fsp3) is 0.364. The third-order valence-electron chi connectivity index (χ3n) is 2.71. The van der Waals surface area contributed by atoms with Crippen molar-refractivity contribution in [2.75, 3.05) is 5.32 Å². The molecule has 1 fully saturated rings. The Morgan fingerprint density at radius 3 is 2.73 bits per heavy atom. The van der Waals surface area contributed by atoms with Crippen LogP contribution < -0.4 is 11.1 Å². The van der Waals surface area contributed by atoms with Crippen LogP contribution in [0, 0.1) is 0 Å². The van der Waals surface area contributed by atoms with Crippen LogP contribution in [0.15, 0.2) is 18.2 Å². The largest absolute Gasteiger partial charge is 0.389 e. The molecule has 2 rings (SSSR count). The second kappa shape index (κ2) is 4.37. The Kier molecular flexibility index (Phi) is 3.12. The van der Waals surface area contributed by atoms with Gasteiger partial charge in [0.15, 0.2) is 0 Å². The van der Waals surface area contributed by atoms with Crippen molar-refractivity contribution in [3.8, 4) is 0 Å². The molecule has 1 aliphatic rings. The van der Waals surface area contributed by atoms with Crippen LogP contribution in [-0.4, -0.2) is 11.0 Å². The zero-order chi connectivity index (χ0) is 10.8. The van der Waals surface area contributed by atoms with Crippen molar-refractivity contribution in [3.05, 3.63) is 28.8 Å². The molecule has 1 aromatic rings. The van der Waals surface area contributed by atoms with Crippen LogP contribution in [0.2, 0.25) is 5.02 Å². The number of benzene rings is 1. The van der Waals surface area contributed by atoms with Crippen LogP contribution in [0.4, 0.5) is 5.69 Å². The molecule has 1 saturated carbocycles. The van der Waals surface area contributed by atoms with Gasteiger partial charge in [0.25, 0.3) is 0 Å². The molecule has 0 aliphatic heterocycles. The summed E-state index contributed by atoms with van der Waals surface area (Å²) < 4.78 is 0. The van der Waals surface area contributed by atoms with E-state index in [0.29, 0.717) is 16.1 Å². The lowest BCUT2D eigenvalue weighted by molar-refractivity contribution is 0.445. The minimum Gasteiger partial charge on any atom is -0.389 e. The highest BCUT2D eigenvalue weighted by molar-refractivity contribution is 7.80. The molecule has 0 spiro atoms. The van der Waals surface area contributed by atoms with E-state index in [1.807, 2.05) is 18.2 Å². The molecule has 2 nitrogen and oxygen atoms in total. The molecule has 0 heterocycles. The predicted molar refractivity (Wildman–Crippen MR) is 68.6 cm³/mol. The van der Waals surface area contributed by atoms with Crippen molar-refractivity contribution in [2.45, 2.75) is 25.3 Å². The van der Waals surface area contributed by atoms with Gasteiger partial charge in [0, 0.05) is 22.3 Å². The van der Waals surface area contributed by atoms with E-state index < -0.39 is 0 Å². The highest BCUT2D eigenvalue weighted by Crippen LogP contribution is 2.27. The molecule has 0 amide bonds. The van der Waals surface area contributed by atoms with Crippen LogP contribution in [0.1, 0.15) is 24.8 Å². The topological polar surface area (TPSA) is 38.0 Å². The third kappa shape index (κ3) is 2.41. The van der Waals surface area contributed by atoms with Crippen LogP contribution >= 0.6 is 23.8 Å². The molecular formula is C11H13ClN2S. The average molecular weight is 241 g/mol. The lowest BCUT2D eigenvalue weighted by atomic mass is 9.92. The van der Waals surface area contributed by atoms with E-state index in [0.717, 1.165) is 11.3 Å². The van der Waals surface area contributed by atoms with Crippen molar-refractivity contribution in [2.24, 2.45) is 5.73 Å². The smallest absolute Gasteiger partial charge is 0.106 e. The number of halogens is 1. The molecule has 0 saturated heterocycles. The Labute approximate surface area is 99.8 Å². The van der Waals surface area contributed by atoms with Crippen LogP contribution in [0.3, 0.4) is 0 Å². The molecule has 0 aromatic heterocycles. The predicted octanol–water partition coefficient (Wildman–Crippen LogP) is 2.94. The van der Waals surface area contributed by atoms with E-state index >= 15 is 0 Å². The summed E-state index contributed by atoms with van der Waals surface area (Å²) >= 11 is 10.9. The zero-order valence-corrected chi connectivity index (χ0v) is 9.87. The standard InChI is InChI=1S/C11H13ClN2S/c12-7-4-5-9(11(13)15)10(6-7)14-8-2-1-3-8/h4-6,8,14H,1-3H2,(H2,13,15). The number of nitrogens with two attached hydrogens (primary N) is 1. The van der Waals surface area contributed by atoms with Gasteiger partial charge in [0.2, 0.25) is 0 Å². The summed E-state index contributed by atoms with van der Waals surface area (Å²) in [5, 5.41) is 4.12. The Hall–Kier alpha value is -0.800. The molecule has 0 atom stereocenters. The van der Waals surface area contributed by atoms with E-state index in [1.165, 1.54) is 19.3 Å². The van der Waals surface area contributed by atoms with Gasteiger partial charge in [-0.3, -0.25) is 0 Å². The summed E-state index contributed by atoms with van der Waals surface area (Å²) in [7, 11) is 0. The molecule has 0 unspecified atom stereocenters. The van der Waals surface area contributed by atoms with E-state index in [4.69, 9.17) is 29.6 Å². The van der Waals surface area contributed by atoms with E-state index in [9.17, 15) is 0 Å². The molecule has 0 radical (unpaired) electrons. The first kappa shape index (κ1) is 10.7. The maximum Gasteiger partial charge on any atom is 0.106 e. The first-order valence-electron chi connectivity index (χ1n) is 5.02. The molecule has 0 bridgehead atoms. The van der Waals surface area contributed by atoms with Gasteiger partial charge in [0.05, 0.1) is 0 Å². The first-order chi connectivity index (χ1) is 7.16. The Morgan fingerprint density at radius 2 is 2.20 bits per heavy atom. The molecule has 3 N–H and O–H groups in total. The second-order valence-corrected chi connectivity index (χ2v) is 4.70. The molecule has 15 heavy (non-hydrogen) atoms. The van der Waals surface area contributed by atoms with Gasteiger partial charge in [-0.2, -0.15) is 0 Å². The zero-order valence-electron chi connectivity index (χ0n) is 8.29. The maximum absolute atomic E-state index is 5.94. The van der Waals surface area contributed by atoms with Crippen LogP contribution in [-0.2, 0) is 0 Å². The van der Waals surface area contributed by atoms with Crippen molar-refractivity contribution < 1.29 is 0 Å². The molecule has 80 valence electrons. The van der Waals surface area contributed by atoms with Gasteiger partial charge in [-0.05, 0) is 37.5 Å². The first-order valence-corrected chi connectivity index (χ1v) is 5.81. The number of hydrogen-bond donors (Lipinski definition) is 2. The lowest BCUT2D eigenvalue weighted by Gasteiger charge is -2.28. The van der Waals surface area contributed by atoms with Gasteiger partial charge in [-0.1, -0.05) is 23.8 Å². The average Bonchev–Trinajstić information content (AvgIpc) is 2.11. The van der Waals surface area contributed by atoms with E-state index in [-0.39, 0.29) is 0 Å². The lowest BCUT2D eigenvalue weighted by Crippen LogP contribution is -2.28. The normalized spacial score (nSPS) is 15.8. The van der Waals surface area contributed by atoms with Gasteiger partial charge in [0.1, 0.15) is 4.99 Å². The number of rotatable bonds is 3. The fourth-order valence-corrected chi connectivity index (χ4v) is 1.97. The molecule has 1 aliphatic carbocycles. The van der Waals surface area contributed by atoms with Gasteiger partial charge < -0.3 is 11.1 Å². The maximum atomic E-state index is 5.94. The van der Waals surface area contributed by atoms with Crippen LogP contribution in [0.5, 0.6) is 0 Å². The number of nitrogens with one attached hydrogen (secondary N) is 1. The molecule has 1 aromatic carbocycles. The summed E-state index contributed by atoms with van der Waals surface area (Å²) in [4.78, 5) is 0.411. The van der Waals surface area contributed by atoms with E-state index in [2.05, 4.69) is 5.32 Å². The summed E-state index contributed by atoms with van der Waals surface area (Å²) in [5.41, 5.74) is 7.48. The Morgan fingerprint density at radius 1 is 1.47 bits per heavy atom. The summed E-state index contributed by atoms with van der Waals surface area (Å²) in [6.07, 6.45) is 3.72. The molecule has 4 heteroatoms. The highest BCUT2D eigenvalue weighted by atomic mass is 35.5. The minimum absolute atomic E-state index is 0.411. The summed E-state index contributed by atoms with van der Waals surface area (Å²) in [6, 6.07) is 6.11. The Bertz CT molecular complexity index is 388. The van der Waals surface area contributed by atoms with Crippen molar-refractivity contribution in [1.29, 1.82) is 0 Å². The second-order valence-electron chi connectivity index (χ2n) is 3.83. The summed E-state index contributed by atoms with van der Waals surface area (Å²) in [5.74, 6) is 0. The third-order valence-corrected chi connectivity index (χ3v) is 3.17. The van der Waals surface area contributed by atoms with Crippen molar-refractivity contribution >= 4 is 34.5 Å². The number of hydrogen-bond acceptors (Lipinski definition) is 2. The number of anilines is 1. The monoisotopic (exact) mass is 240 g/mol. The van der Waals surface area contributed by atoms with Gasteiger partial charge in [-0.25, -0.2) is 0 Å². The molecular weight excluding hydrogens is 228 g/mol. The van der Waals surface area contributed by atoms with Gasteiger partial charge >= 0.3 is 0 Å². The van der Waals surface area contributed by atoms with E-state index in [1.54, 1.807) is 0 Å². The highest BCUT2D eigenvalue weighted by Gasteiger charge is 2.18. The Balaban J connectivity index is 2.24. The summed E-state index contributed by atoms with van der Waals surface area (Å²) in [6.45, 7) is 0. The van der Waals surface area contributed by atoms with Crippen molar-refractivity contribution in [3.63, 3.8) is 0 Å². The quantitative estimate of drug-likeness (QED) is 0.798.